The molecule has 2 aromatic heterocycles. The summed E-state index contributed by atoms with van der Waals surface area (Å²) in [5.74, 6) is -0.415. The van der Waals surface area contributed by atoms with Crippen LogP contribution in [0.4, 0.5) is 15.2 Å². The fourth-order valence-electron chi connectivity index (χ4n) is 2.77. The van der Waals surface area contributed by atoms with Gasteiger partial charge in [-0.2, -0.15) is 4.52 Å². The summed E-state index contributed by atoms with van der Waals surface area (Å²) in [6.45, 7) is 1.59. The normalized spacial score (nSPS) is 17.6. The lowest BCUT2D eigenvalue weighted by molar-refractivity contribution is 0.628. The molecule has 1 aliphatic rings. The average molecular weight is 366 g/mol. The molecule has 3 heterocycles. The molecule has 4 rings (SSSR count). The average Bonchev–Trinajstić information content (AvgIpc) is 3.18. The Kier molecular flexibility index (Phi) is 3.85. The van der Waals surface area contributed by atoms with E-state index in [1.54, 1.807) is 12.1 Å². The van der Waals surface area contributed by atoms with Gasteiger partial charge in [-0.3, -0.25) is 4.79 Å². The number of nitrogens with zero attached hydrogens (tertiary/aromatic N) is 4. The molecule has 1 atom stereocenters. The highest BCUT2D eigenvalue weighted by Crippen LogP contribution is 2.27. The minimum Gasteiger partial charge on any atom is -0.369 e. The molecule has 1 saturated heterocycles. The van der Waals surface area contributed by atoms with Crippen molar-refractivity contribution < 1.29 is 4.39 Å². The van der Waals surface area contributed by atoms with E-state index in [1.807, 2.05) is 0 Å². The first-order chi connectivity index (χ1) is 11.6. The van der Waals surface area contributed by atoms with Crippen molar-refractivity contribution in [3.05, 3.63) is 51.7 Å². The van der Waals surface area contributed by atoms with Crippen molar-refractivity contribution in [1.29, 1.82) is 0 Å². The predicted octanol–water partition coefficient (Wildman–Crippen LogP) is 2.63. The van der Waals surface area contributed by atoms with Crippen molar-refractivity contribution in [3.63, 3.8) is 0 Å². The maximum atomic E-state index is 13.3. The van der Waals surface area contributed by atoms with E-state index in [1.165, 1.54) is 34.2 Å². The lowest BCUT2D eigenvalue weighted by atomic mass is 10.3. The molecule has 0 spiro atoms. The van der Waals surface area contributed by atoms with Gasteiger partial charge in [-0.1, -0.05) is 22.9 Å². The van der Waals surface area contributed by atoms with Gasteiger partial charge in [0.2, 0.25) is 10.1 Å². The monoisotopic (exact) mass is 365 g/mol. The van der Waals surface area contributed by atoms with Gasteiger partial charge in [-0.25, -0.2) is 9.37 Å². The van der Waals surface area contributed by atoms with Crippen LogP contribution in [-0.4, -0.2) is 33.7 Å². The Morgan fingerprint density at radius 1 is 1.38 bits per heavy atom. The number of anilines is 2. The van der Waals surface area contributed by atoms with E-state index >= 15 is 0 Å². The molecule has 0 aliphatic carbocycles. The standard InChI is InChI=1S/C15H13ClFN5OS/c16-11-7-10(1-2-12(11)17)21-6-4-9(8-21)19-14-20-22-13(23)3-5-18-15(22)24-14/h1-3,5,7,9H,4,6,8H2,(H,19,20). The maximum Gasteiger partial charge on any atom is 0.275 e. The van der Waals surface area contributed by atoms with Crippen molar-refractivity contribution in [2.45, 2.75) is 12.5 Å². The quantitative estimate of drug-likeness (QED) is 0.773. The molecule has 3 aromatic rings. The van der Waals surface area contributed by atoms with Gasteiger partial charge in [0.15, 0.2) is 0 Å². The highest BCUT2D eigenvalue weighted by atomic mass is 35.5. The molecule has 0 amide bonds. The van der Waals surface area contributed by atoms with Crippen LogP contribution in [0, 0.1) is 5.82 Å². The number of aromatic nitrogens is 3. The van der Waals surface area contributed by atoms with E-state index in [4.69, 9.17) is 11.6 Å². The fourth-order valence-corrected chi connectivity index (χ4v) is 3.80. The molecule has 0 radical (unpaired) electrons. The van der Waals surface area contributed by atoms with E-state index in [9.17, 15) is 9.18 Å². The highest BCUT2D eigenvalue weighted by Gasteiger charge is 2.24. The molecule has 1 unspecified atom stereocenters. The molecular formula is C15H13ClFN5OS. The molecule has 0 saturated carbocycles. The Balaban J connectivity index is 1.49. The van der Waals surface area contributed by atoms with Gasteiger partial charge in [0, 0.05) is 37.1 Å². The molecule has 9 heteroatoms. The zero-order valence-corrected chi connectivity index (χ0v) is 14.0. The van der Waals surface area contributed by atoms with Crippen LogP contribution in [0.5, 0.6) is 0 Å². The molecule has 1 aliphatic heterocycles. The van der Waals surface area contributed by atoms with Crippen molar-refractivity contribution in [2.75, 3.05) is 23.3 Å². The van der Waals surface area contributed by atoms with Gasteiger partial charge < -0.3 is 10.2 Å². The van der Waals surface area contributed by atoms with Gasteiger partial charge in [-0.05, 0) is 24.6 Å². The van der Waals surface area contributed by atoms with Crippen LogP contribution in [0.2, 0.25) is 5.02 Å². The van der Waals surface area contributed by atoms with Crippen LogP contribution in [0.3, 0.4) is 0 Å². The number of fused-ring (bicyclic) bond motifs is 1. The van der Waals surface area contributed by atoms with Gasteiger partial charge in [0.1, 0.15) is 5.82 Å². The van der Waals surface area contributed by atoms with Gasteiger partial charge >= 0.3 is 0 Å². The Morgan fingerprint density at radius 2 is 2.25 bits per heavy atom. The second-order valence-corrected chi connectivity index (χ2v) is 6.92. The van der Waals surface area contributed by atoms with Crippen LogP contribution in [-0.2, 0) is 0 Å². The van der Waals surface area contributed by atoms with Crippen LogP contribution in [0.1, 0.15) is 6.42 Å². The van der Waals surface area contributed by atoms with E-state index in [0.717, 1.165) is 25.2 Å². The first kappa shape index (κ1) is 15.3. The summed E-state index contributed by atoms with van der Waals surface area (Å²) in [6, 6.07) is 6.31. The van der Waals surface area contributed by atoms with Gasteiger partial charge in [0.05, 0.1) is 5.02 Å². The molecular weight excluding hydrogens is 353 g/mol. The third-order valence-electron chi connectivity index (χ3n) is 3.96. The Hall–Kier alpha value is -2.19. The summed E-state index contributed by atoms with van der Waals surface area (Å²) in [4.78, 5) is 18.5. The zero-order valence-electron chi connectivity index (χ0n) is 12.4. The predicted molar refractivity (Wildman–Crippen MR) is 92.8 cm³/mol. The summed E-state index contributed by atoms with van der Waals surface area (Å²) >= 11 is 7.19. The van der Waals surface area contributed by atoms with Crippen LogP contribution < -0.4 is 15.8 Å². The van der Waals surface area contributed by atoms with E-state index in [0.29, 0.717) is 10.1 Å². The summed E-state index contributed by atoms with van der Waals surface area (Å²) in [5, 5.41) is 8.39. The Bertz CT molecular complexity index is 958. The van der Waals surface area contributed by atoms with Crippen molar-refractivity contribution in [2.24, 2.45) is 0 Å². The first-order valence-electron chi connectivity index (χ1n) is 7.41. The van der Waals surface area contributed by atoms with Crippen molar-refractivity contribution in [3.8, 4) is 0 Å². The molecule has 0 bridgehead atoms. The van der Waals surface area contributed by atoms with Gasteiger partial charge in [0.25, 0.3) is 5.56 Å². The molecule has 124 valence electrons. The number of halogens is 2. The minimum absolute atomic E-state index is 0.125. The van der Waals surface area contributed by atoms with Crippen molar-refractivity contribution >= 4 is 38.7 Å². The second kappa shape index (κ2) is 6.03. The Morgan fingerprint density at radius 3 is 3.04 bits per heavy atom. The molecule has 1 fully saturated rings. The minimum atomic E-state index is -0.415. The van der Waals surface area contributed by atoms with Crippen molar-refractivity contribution in [1.82, 2.24) is 14.6 Å². The maximum absolute atomic E-state index is 13.3. The van der Waals surface area contributed by atoms with E-state index < -0.39 is 5.82 Å². The highest BCUT2D eigenvalue weighted by molar-refractivity contribution is 7.20. The number of rotatable bonds is 3. The lowest BCUT2D eigenvalue weighted by Gasteiger charge is -2.19. The van der Waals surface area contributed by atoms with Crippen LogP contribution >= 0.6 is 22.9 Å². The SMILES string of the molecule is O=c1ccnc2sc(NC3CCN(c4ccc(F)c(Cl)c4)C3)nn12. The van der Waals surface area contributed by atoms with Gasteiger partial charge in [-0.15, -0.1) is 5.10 Å². The summed E-state index contributed by atoms with van der Waals surface area (Å²) in [5.41, 5.74) is 0.700. The molecule has 1 N–H and O–H groups in total. The fraction of sp³-hybridized carbons (Fsp3) is 0.267. The number of nitrogens with one attached hydrogen (secondary N) is 1. The van der Waals surface area contributed by atoms with Crippen LogP contribution in [0.15, 0.2) is 35.3 Å². The lowest BCUT2D eigenvalue weighted by Crippen LogP contribution is -2.26. The number of benzene rings is 1. The van der Waals surface area contributed by atoms with Crippen LogP contribution in [0.25, 0.3) is 4.96 Å². The summed E-state index contributed by atoms with van der Waals surface area (Å²) in [7, 11) is 0. The third-order valence-corrected chi connectivity index (χ3v) is 5.10. The zero-order chi connectivity index (χ0) is 16.7. The topological polar surface area (TPSA) is 62.5 Å². The smallest absolute Gasteiger partial charge is 0.275 e. The number of hydrogen-bond acceptors (Lipinski definition) is 6. The summed E-state index contributed by atoms with van der Waals surface area (Å²) in [6.07, 6.45) is 2.39. The van der Waals surface area contributed by atoms with E-state index in [-0.39, 0.29) is 16.6 Å². The first-order valence-corrected chi connectivity index (χ1v) is 8.61. The largest absolute Gasteiger partial charge is 0.369 e. The number of hydrogen-bond donors (Lipinski definition) is 1. The second-order valence-electron chi connectivity index (χ2n) is 5.56. The molecule has 24 heavy (non-hydrogen) atoms. The molecule has 6 nitrogen and oxygen atoms in total. The molecule has 1 aromatic carbocycles. The Labute approximate surface area is 145 Å². The van der Waals surface area contributed by atoms with E-state index in [2.05, 4.69) is 20.3 Å². The third kappa shape index (κ3) is 2.83. The summed E-state index contributed by atoms with van der Waals surface area (Å²) < 4.78 is 14.6.